The van der Waals surface area contributed by atoms with Crippen molar-refractivity contribution >= 4 is 22.6 Å². The molecule has 0 aromatic rings. The second-order valence-electron chi connectivity index (χ2n) is 1.14. The fraction of sp³-hybridized carbons (Fsp3) is 0.200. The van der Waals surface area contributed by atoms with Gasteiger partial charge in [-0.15, -0.1) is 0 Å². The van der Waals surface area contributed by atoms with Crippen molar-refractivity contribution in [2.45, 2.75) is 6.92 Å². The van der Waals surface area contributed by atoms with Crippen molar-refractivity contribution in [2.24, 2.45) is 0 Å². The van der Waals surface area contributed by atoms with E-state index in [1.54, 1.807) is 0 Å². The van der Waals surface area contributed by atoms with E-state index < -0.39 is 0 Å². The van der Waals surface area contributed by atoms with E-state index >= 15 is 0 Å². The van der Waals surface area contributed by atoms with Crippen molar-refractivity contribution in [2.75, 3.05) is 0 Å². The monoisotopic (exact) mass is 194 g/mol. The van der Waals surface area contributed by atoms with Gasteiger partial charge in [0.25, 0.3) is 0 Å². The van der Waals surface area contributed by atoms with Crippen LogP contribution in [0, 0.1) is 0 Å². The molecular formula is C5H7I. The standard InChI is InChI=1S/C5H7I/c1-5(2)3-4-6/h3-4H,1H2,2H3/b4-3-. The first kappa shape index (κ1) is 6.21. The molecule has 0 saturated carbocycles. The molecule has 0 spiro atoms. The summed E-state index contributed by atoms with van der Waals surface area (Å²) >= 11 is 2.16. The molecule has 0 saturated heterocycles. The van der Waals surface area contributed by atoms with Crippen LogP contribution >= 0.6 is 22.6 Å². The number of hydrogen-bond acceptors (Lipinski definition) is 0. The lowest BCUT2D eigenvalue weighted by Gasteiger charge is -1.75. The third kappa shape index (κ3) is 4.21. The molecule has 0 aliphatic heterocycles. The summed E-state index contributed by atoms with van der Waals surface area (Å²) in [6.45, 7) is 5.62. The van der Waals surface area contributed by atoms with Crippen LogP contribution in [0.3, 0.4) is 0 Å². The third-order valence-electron chi connectivity index (χ3n) is 0.348. The Kier molecular flexibility index (Phi) is 3.52. The summed E-state index contributed by atoms with van der Waals surface area (Å²) in [4.78, 5) is 0. The molecule has 0 nitrogen and oxygen atoms in total. The van der Waals surface area contributed by atoms with Gasteiger partial charge in [0.1, 0.15) is 0 Å². The van der Waals surface area contributed by atoms with E-state index in [0.717, 1.165) is 5.57 Å². The predicted molar refractivity (Wildman–Crippen MR) is 38.0 cm³/mol. The van der Waals surface area contributed by atoms with Crippen LogP contribution in [0.1, 0.15) is 6.92 Å². The van der Waals surface area contributed by atoms with Crippen molar-refractivity contribution in [3.05, 3.63) is 22.3 Å². The molecular weight excluding hydrogens is 187 g/mol. The number of hydrogen-bond donors (Lipinski definition) is 0. The summed E-state index contributed by atoms with van der Waals surface area (Å²) in [6.07, 6.45) is 1.96. The summed E-state index contributed by atoms with van der Waals surface area (Å²) in [7, 11) is 0. The molecule has 1 heteroatoms. The first-order valence-electron chi connectivity index (χ1n) is 1.69. The summed E-state index contributed by atoms with van der Waals surface area (Å²) in [6, 6.07) is 0. The van der Waals surface area contributed by atoms with Crippen molar-refractivity contribution in [3.63, 3.8) is 0 Å². The van der Waals surface area contributed by atoms with Gasteiger partial charge in [-0.25, -0.2) is 0 Å². The molecule has 0 aromatic heterocycles. The molecule has 0 fully saturated rings. The van der Waals surface area contributed by atoms with Gasteiger partial charge in [0.2, 0.25) is 0 Å². The molecule has 0 atom stereocenters. The van der Waals surface area contributed by atoms with E-state index in [9.17, 15) is 0 Å². The van der Waals surface area contributed by atoms with Crippen molar-refractivity contribution in [1.82, 2.24) is 0 Å². The molecule has 0 unspecified atom stereocenters. The lowest BCUT2D eigenvalue weighted by molar-refractivity contribution is 1.58. The minimum absolute atomic E-state index is 1.10. The van der Waals surface area contributed by atoms with Crippen LogP contribution < -0.4 is 0 Å². The van der Waals surface area contributed by atoms with Crippen LogP contribution in [0.4, 0.5) is 0 Å². The molecule has 0 bridgehead atoms. The zero-order chi connectivity index (χ0) is 4.99. The van der Waals surface area contributed by atoms with E-state index in [1.807, 2.05) is 17.1 Å². The number of rotatable bonds is 1. The van der Waals surface area contributed by atoms with Crippen LogP contribution in [0.25, 0.3) is 0 Å². The summed E-state index contributed by atoms with van der Waals surface area (Å²) in [5, 5.41) is 0. The lowest BCUT2D eigenvalue weighted by atomic mass is 10.4. The maximum absolute atomic E-state index is 3.65. The zero-order valence-corrected chi connectivity index (χ0v) is 5.90. The van der Waals surface area contributed by atoms with Gasteiger partial charge in [0.05, 0.1) is 0 Å². The minimum atomic E-state index is 1.10. The van der Waals surface area contributed by atoms with Gasteiger partial charge in [-0.3, -0.25) is 0 Å². The maximum Gasteiger partial charge on any atom is -0.0231 e. The van der Waals surface area contributed by atoms with E-state index in [4.69, 9.17) is 0 Å². The predicted octanol–water partition coefficient (Wildman–Crippen LogP) is 2.51. The maximum atomic E-state index is 3.65. The molecule has 0 heterocycles. The van der Waals surface area contributed by atoms with Crippen LogP contribution in [0.15, 0.2) is 22.3 Å². The SMILES string of the molecule is C=C(C)/C=C\I. The topological polar surface area (TPSA) is 0 Å². The van der Waals surface area contributed by atoms with Crippen LogP contribution in [0.2, 0.25) is 0 Å². The molecule has 34 valence electrons. The number of allylic oxidation sites excluding steroid dienone is 2. The van der Waals surface area contributed by atoms with Gasteiger partial charge in [-0.05, 0) is 11.0 Å². The van der Waals surface area contributed by atoms with E-state index in [2.05, 4.69) is 29.2 Å². The molecule has 0 amide bonds. The van der Waals surface area contributed by atoms with Crippen molar-refractivity contribution < 1.29 is 0 Å². The Bertz CT molecular complexity index is 72.0. The first-order chi connectivity index (χ1) is 2.77. The quantitative estimate of drug-likeness (QED) is 0.444. The highest BCUT2D eigenvalue weighted by Gasteiger charge is 1.64. The second kappa shape index (κ2) is 3.40. The highest BCUT2D eigenvalue weighted by Crippen LogP contribution is 1.91. The Hall–Kier alpha value is 0.210. The first-order valence-corrected chi connectivity index (χ1v) is 2.94. The lowest BCUT2D eigenvalue weighted by Crippen LogP contribution is -1.52. The Morgan fingerprint density at radius 3 is 2.33 bits per heavy atom. The molecule has 6 heavy (non-hydrogen) atoms. The molecule has 0 aromatic carbocycles. The third-order valence-corrected chi connectivity index (χ3v) is 0.707. The Balaban J connectivity index is 3.30. The normalized spacial score (nSPS) is 9.67. The van der Waals surface area contributed by atoms with Gasteiger partial charge in [0.15, 0.2) is 0 Å². The highest BCUT2D eigenvalue weighted by molar-refractivity contribution is 14.1. The largest absolute Gasteiger partial charge is 0.0961 e. The molecule has 0 rings (SSSR count). The van der Waals surface area contributed by atoms with E-state index in [-0.39, 0.29) is 0 Å². The summed E-state index contributed by atoms with van der Waals surface area (Å²) in [5.74, 6) is 0. The van der Waals surface area contributed by atoms with Crippen LogP contribution in [0.5, 0.6) is 0 Å². The van der Waals surface area contributed by atoms with E-state index in [0.29, 0.717) is 0 Å². The van der Waals surface area contributed by atoms with Gasteiger partial charge in [-0.2, -0.15) is 0 Å². The fourth-order valence-corrected chi connectivity index (χ4v) is 0.721. The molecule has 0 N–H and O–H groups in total. The highest BCUT2D eigenvalue weighted by atomic mass is 127. The Morgan fingerprint density at radius 1 is 1.83 bits per heavy atom. The van der Waals surface area contributed by atoms with Crippen LogP contribution in [-0.2, 0) is 0 Å². The zero-order valence-electron chi connectivity index (χ0n) is 3.74. The summed E-state index contributed by atoms with van der Waals surface area (Å²) < 4.78 is 1.94. The fourth-order valence-electron chi connectivity index (χ4n) is 0.108. The average Bonchev–Trinajstić information content (AvgIpc) is 1.35. The molecule has 0 aliphatic rings. The van der Waals surface area contributed by atoms with E-state index in [1.165, 1.54) is 0 Å². The minimum Gasteiger partial charge on any atom is -0.0961 e. The van der Waals surface area contributed by atoms with Gasteiger partial charge in [0, 0.05) is 0 Å². The van der Waals surface area contributed by atoms with Crippen LogP contribution in [-0.4, -0.2) is 0 Å². The molecule has 0 radical (unpaired) electrons. The summed E-state index contributed by atoms with van der Waals surface area (Å²) in [5.41, 5.74) is 1.10. The van der Waals surface area contributed by atoms with Gasteiger partial charge in [-0.1, -0.05) is 40.8 Å². The van der Waals surface area contributed by atoms with Crippen molar-refractivity contribution in [3.8, 4) is 0 Å². The number of halogens is 1. The molecule has 0 aliphatic carbocycles. The second-order valence-corrected chi connectivity index (χ2v) is 1.86. The van der Waals surface area contributed by atoms with Crippen molar-refractivity contribution in [1.29, 1.82) is 0 Å². The van der Waals surface area contributed by atoms with Gasteiger partial charge < -0.3 is 0 Å². The Morgan fingerprint density at radius 2 is 2.33 bits per heavy atom. The van der Waals surface area contributed by atoms with Gasteiger partial charge >= 0.3 is 0 Å². The Labute approximate surface area is 52.1 Å². The average molecular weight is 194 g/mol. The smallest absolute Gasteiger partial charge is 0.0231 e.